The maximum absolute atomic E-state index is 13.2. The number of aryl methyl sites for hydroxylation is 1. The first-order valence-corrected chi connectivity index (χ1v) is 9.53. The first-order chi connectivity index (χ1) is 14.3. The van der Waals surface area contributed by atoms with Gasteiger partial charge in [-0.1, -0.05) is 46.9 Å². The number of hydrogen-bond donors (Lipinski definition) is 2. The highest BCUT2D eigenvalue weighted by Crippen LogP contribution is 2.37. The molecule has 1 atom stereocenters. The number of alkyl carbamates (subject to hydrolysis) is 1. The number of carbonyl (C=O) groups is 1. The van der Waals surface area contributed by atoms with E-state index in [1.165, 1.54) is 23.6 Å². The quantitative estimate of drug-likeness (QED) is 0.246. The Hall–Kier alpha value is -2.44. The van der Waals surface area contributed by atoms with Crippen molar-refractivity contribution < 1.29 is 27.6 Å². The molecular weight excluding hydrogens is 490 g/mol. The van der Waals surface area contributed by atoms with Crippen molar-refractivity contribution in [2.45, 2.75) is 29.6 Å². The van der Waals surface area contributed by atoms with Crippen molar-refractivity contribution in [3.05, 3.63) is 52.0 Å². The number of para-hydroxylation sites is 1. The van der Waals surface area contributed by atoms with Crippen molar-refractivity contribution in [2.75, 3.05) is 11.9 Å². The second-order valence-corrected chi connectivity index (χ2v) is 8.38. The zero-order valence-electron chi connectivity index (χ0n) is 15.6. The first-order valence-electron chi connectivity index (χ1n) is 8.40. The van der Waals surface area contributed by atoms with E-state index in [1.807, 2.05) is 0 Å². The van der Waals surface area contributed by atoms with Crippen molar-refractivity contribution in [3.63, 3.8) is 0 Å². The summed E-state index contributed by atoms with van der Waals surface area (Å²) in [5, 5.41) is 15.4. The van der Waals surface area contributed by atoms with Crippen molar-refractivity contribution >= 4 is 52.4 Å². The summed E-state index contributed by atoms with van der Waals surface area (Å²) in [6, 6.07) is 4.42. The van der Waals surface area contributed by atoms with Crippen molar-refractivity contribution in [1.82, 2.24) is 14.9 Å². The van der Waals surface area contributed by atoms with Crippen LogP contribution in [0.5, 0.6) is 0 Å². The van der Waals surface area contributed by atoms with Crippen LogP contribution in [0.3, 0.4) is 0 Å². The number of amides is 1. The van der Waals surface area contributed by atoms with E-state index in [2.05, 4.69) is 15.6 Å². The fraction of sp³-hybridized carbons (Fsp3) is 0.375. The Balaban J connectivity index is 2.05. The van der Waals surface area contributed by atoms with Gasteiger partial charge in [-0.05, 0) is 17.1 Å². The number of rotatable bonds is 7. The molecule has 1 heterocycles. The lowest BCUT2D eigenvalue weighted by Gasteiger charge is -2.28. The molecule has 0 radical (unpaired) electrons. The van der Waals surface area contributed by atoms with Crippen LogP contribution in [0.4, 0.5) is 29.5 Å². The first kappa shape index (κ1) is 24.8. The molecule has 0 saturated carbocycles. The number of halogens is 6. The van der Waals surface area contributed by atoms with Gasteiger partial charge in [0.1, 0.15) is 25.5 Å². The number of nitro groups is 1. The van der Waals surface area contributed by atoms with Gasteiger partial charge in [-0.15, -0.1) is 0 Å². The Morgan fingerprint density at radius 2 is 1.97 bits per heavy atom. The minimum atomic E-state index is -4.69. The predicted octanol–water partition coefficient (Wildman–Crippen LogP) is 4.65. The van der Waals surface area contributed by atoms with E-state index in [-0.39, 0.29) is 19.0 Å². The lowest BCUT2D eigenvalue weighted by Crippen LogP contribution is -2.49. The highest BCUT2D eigenvalue weighted by Gasteiger charge is 2.38. The van der Waals surface area contributed by atoms with Crippen molar-refractivity contribution in [1.29, 1.82) is 0 Å². The molecule has 1 amide bonds. The standard InChI is InChI=1S/C16H15Cl3F3N5O4/c1-9-23-8-12(27(29)30)26(9)6-7-31-14(28)25-13(15(17,18)19)24-11-5-3-2-4-10(11)16(20,21)22/h2-5,8,13,24H,6-7H2,1H3,(H,25,28). The topological polar surface area (TPSA) is 111 Å². The zero-order valence-corrected chi connectivity index (χ0v) is 17.9. The fourth-order valence-corrected chi connectivity index (χ4v) is 2.81. The van der Waals surface area contributed by atoms with Gasteiger partial charge in [0, 0.05) is 12.6 Å². The van der Waals surface area contributed by atoms with Gasteiger partial charge in [-0.3, -0.25) is 5.32 Å². The van der Waals surface area contributed by atoms with Gasteiger partial charge < -0.3 is 20.2 Å². The number of aromatic nitrogens is 2. The zero-order chi connectivity index (χ0) is 23.4. The molecular formula is C16H15Cl3F3N5O4. The number of alkyl halides is 6. The van der Waals surface area contributed by atoms with E-state index < -0.39 is 38.4 Å². The number of nitrogens with zero attached hydrogens (tertiary/aromatic N) is 3. The molecule has 0 aliphatic carbocycles. The highest BCUT2D eigenvalue weighted by molar-refractivity contribution is 6.68. The molecule has 15 heteroatoms. The Morgan fingerprint density at radius 3 is 2.55 bits per heavy atom. The third kappa shape index (κ3) is 6.77. The van der Waals surface area contributed by atoms with E-state index in [0.717, 1.165) is 18.3 Å². The molecule has 0 fully saturated rings. The van der Waals surface area contributed by atoms with Crippen molar-refractivity contribution in [3.8, 4) is 0 Å². The van der Waals surface area contributed by atoms with Gasteiger partial charge in [-0.2, -0.15) is 13.2 Å². The molecule has 31 heavy (non-hydrogen) atoms. The van der Waals surface area contributed by atoms with Gasteiger partial charge >= 0.3 is 18.1 Å². The molecule has 1 aromatic carbocycles. The average Bonchev–Trinajstić information content (AvgIpc) is 3.01. The molecule has 2 aromatic rings. The van der Waals surface area contributed by atoms with Crippen LogP contribution < -0.4 is 10.6 Å². The minimum absolute atomic E-state index is 0.0989. The molecule has 9 nitrogen and oxygen atoms in total. The molecule has 0 aliphatic heterocycles. The predicted molar refractivity (Wildman–Crippen MR) is 107 cm³/mol. The number of anilines is 1. The normalized spacial score (nSPS) is 12.9. The molecule has 2 rings (SSSR count). The van der Waals surface area contributed by atoms with Crippen LogP contribution in [0.25, 0.3) is 0 Å². The van der Waals surface area contributed by atoms with Crippen molar-refractivity contribution in [2.24, 2.45) is 0 Å². The van der Waals surface area contributed by atoms with Crippen LogP contribution in [0.1, 0.15) is 11.4 Å². The lowest BCUT2D eigenvalue weighted by molar-refractivity contribution is -0.392. The molecule has 1 aromatic heterocycles. The van der Waals surface area contributed by atoms with E-state index in [9.17, 15) is 28.1 Å². The Bertz CT molecular complexity index is 949. The average molecular weight is 505 g/mol. The lowest BCUT2D eigenvalue weighted by atomic mass is 10.1. The van der Waals surface area contributed by atoms with Crippen LogP contribution >= 0.6 is 34.8 Å². The maximum Gasteiger partial charge on any atom is 0.418 e. The molecule has 0 spiro atoms. The number of ether oxygens (including phenoxy) is 1. The molecule has 1 unspecified atom stereocenters. The van der Waals surface area contributed by atoms with Gasteiger partial charge in [0.15, 0.2) is 5.82 Å². The number of hydrogen-bond acceptors (Lipinski definition) is 6. The SMILES string of the molecule is Cc1ncc([N+](=O)[O-])n1CCOC(=O)NC(Nc1ccccc1C(F)(F)F)C(Cl)(Cl)Cl. The Kier molecular flexibility index (Phi) is 7.84. The summed E-state index contributed by atoms with van der Waals surface area (Å²) in [4.78, 5) is 26.2. The van der Waals surface area contributed by atoms with Gasteiger partial charge in [0.25, 0.3) is 0 Å². The van der Waals surface area contributed by atoms with Gasteiger partial charge in [0.05, 0.1) is 5.56 Å². The van der Waals surface area contributed by atoms with E-state index >= 15 is 0 Å². The van der Waals surface area contributed by atoms with Crippen LogP contribution in [0, 0.1) is 17.0 Å². The summed E-state index contributed by atoms with van der Waals surface area (Å²) in [6.07, 6.45) is -6.37. The molecule has 0 aliphatic rings. The third-order valence-electron chi connectivity index (χ3n) is 3.89. The van der Waals surface area contributed by atoms with Crippen LogP contribution in [-0.4, -0.2) is 37.1 Å². The van der Waals surface area contributed by atoms with E-state index in [0.29, 0.717) is 5.82 Å². The molecule has 0 bridgehead atoms. The van der Waals surface area contributed by atoms with E-state index in [1.54, 1.807) is 0 Å². The summed E-state index contributed by atoms with van der Waals surface area (Å²) < 4.78 is 43.4. The summed E-state index contributed by atoms with van der Waals surface area (Å²) in [5.74, 6) is 0.0198. The monoisotopic (exact) mass is 503 g/mol. The molecule has 0 saturated heterocycles. The smallest absolute Gasteiger partial charge is 0.418 e. The summed E-state index contributed by atoms with van der Waals surface area (Å²) in [6.45, 7) is 1.10. The second-order valence-electron chi connectivity index (χ2n) is 6.01. The van der Waals surface area contributed by atoms with Crippen LogP contribution in [0.2, 0.25) is 0 Å². The van der Waals surface area contributed by atoms with Gasteiger partial charge in [-0.25, -0.2) is 14.3 Å². The Morgan fingerprint density at radius 1 is 1.32 bits per heavy atom. The number of benzene rings is 1. The molecule has 2 N–H and O–H groups in total. The highest BCUT2D eigenvalue weighted by atomic mass is 35.6. The number of nitrogens with one attached hydrogen (secondary N) is 2. The van der Waals surface area contributed by atoms with Crippen LogP contribution in [-0.2, 0) is 17.5 Å². The number of imidazole rings is 1. The van der Waals surface area contributed by atoms with Crippen LogP contribution in [0.15, 0.2) is 30.5 Å². The summed E-state index contributed by atoms with van der Waals surface area (Å²) in [7, 11) is 0. The number of carbonyl (C=O) groups excluding carboxylic acids is 1. The van der Waals surface area contributed by atoms with E-state index in [4.69, 9.17) is 39.5 Å². The maximum atomic E-state index is 13.2. The third-order valence-corrected chi connectivity index (χ3v) is 4.55. The largest absolute Gasteiger partial charge is 0.445 e. The minimum Gasteiger partial charge on any atom is -0.445 e. The molecule has 170 valence electrons. The van der Waals surface area contributed by atoms with Gasteiger partial charge in [0.2, 0.25) is 3.79 Å². The fourth-order valence-electron chi connectivity index (χ4n) is 2.48. The summed E-state index contributed by atoms with van der Waals surface area (Å²) >= 11 is 17.3. The Labute approximate surface area is 188 Å². The second kappa shape index (κ2) is 9.79. The summed E-state index contributed by atoms with van der Waals surface area (Å²) in [5.41, 5.74) is -1.47.